The number of carbonyl (C=O) groups excluding carboxylic acids is 2. The number of piperidine rings is 1. The highest BCUT2D eigenvalue weighted by molar-refractivity contribution is 6.07. The second-order valence-corrected chi connectivity index (χ2v) is 7.98. The summed E-state index contributed by atoms with van der Waals surface area (Å²) in [7, 11) is 0. The van der Waals surface area contributed by atoms with Gasteiger partial charge in [-0.05, 0) is 38.0 Å². The number of aryl methyl sites for hydroxylation is 1. The number of fused-ring (bicyclic) bond motifs is 1. The number of pyridine rings is 1. The zero-order valence-electron chi connectivity index (χ0n) is 17.4. The summed E-state index contributed by atoms with van der Waals surface area (Å²) in [6.45, 7) is 5.34. The van der Waals surface area contributed by atoms with Crippen LogP contribution in [0.1, 0.15) is 28.9 Å². The third-order valence-corrected chi connectivity index (χ3v) is 6.08. The Kier molecular flexibility index (Phi) is 5.19. The van der Waals surface area contributed by atoms with Crippen LogP contribution in [0.25, 0.3) is 22.6 Å². The van der Waals surface area contributed by atoms with Gasteiger partial charge in [0.05, 0.1) is 36.1 Å². The van der Waals surface area contributed by atoms with Crippen molar-refractivity contribution in [2.75, 3.05) is 39.4 Å². The standard InChI is InChI=1S/C22H24N4O5/c1-14-19-16(13-17(18-3-2-10-30-18)23-20(19)31-24-14)22(28)25-6-4-15(5-7-25)21(27)26-8-11-29-12-9-26/h2-3,10,13,15H,4-9,11-12H2,1H3. The maximum Gasteiger partial charge on any atom is 0.259 e. The van der Waals surface area contributed by atoms with Crippen molar-refractivity contribution in [3.8, 4) is 11.5 Å². The molecular weight excluding hydrogens is 400 g/mol. The van der Waals surface area contributed by atoms with Gasteiger partial charge in [-0.3, -0.25) is 9.59 Å². The molecule has 3 aromatic rings. The molecule has 0 bridgehead atoms. The number of carbonyl (C=O) groups is 2. The highest BCUT2D eigenvalue weighted by Crippen LogP contribution is 2.29. The smallest absolute Gasteiger partial charge is 0.259 e. The number of ether oxygens (including phenoxy) is 1. The summed E-state index contributed by atoms with van der Waals surface area (Å²) in [5.41, 5.74) is 1.95. The van der Waals surface area contributed by atoms with Crippen LogP contribution in [-0.2, 0) is 9.53 Å². The van der Waals surface area contributed by atoms with E-state index in [0.717, 1.165) is 0 Å². The molecule has 0 N–H and O–H groups in total. The van der Waals surface area contributed by atoms with Crippen LogP contribution in [0.4, 0.5) is 0 Å². The third-order valence-electron chi connectivity index (χ3n) is 6.08. The Balaban J connectivity index is 1.36. The summed E-state index contributed by atoms with van der Waals surface area (Å²) in [4.78, 5) is 34.4. The molecule has 0 spiro atoms. The molecule has 0 atom stereocenters. The Hall–Kier alpha value is -3.20. The lowest BCUT2D eigenvalue weighted by Gasteiger charge is -2.35. The van der Waals surface area contributed by atoms with E-state index in [-0.39, 0.29) is 17.7 Å². The van der Waals surface area contributed by atoms with E-state index in [1.165, 1.54) is 0 Å². The van der Waals surface area contributed by atoms with E-state index in [0.29, 0.717) is 86.0 Å². The van der Waals surface area contributed by atoms with Gasteiger partial charge in [-0.1, -0.05) is 5.16 Å². The SMILES string of the molecule is Cc1noc2nc(-c3ccco3)cc(C(=O)N3CCC(C(=O)N4CCOCC4)CC3)c12. The summed E-state index contributed by atoms with van der Waals surface area (Å²) in [5.74, 6) is 0.580. The minimum atomic E-state index is -0.108. The van der Waals surface area contributed by atoms with E-state index in [2.05, 4.69) is 10.1 Å². The molecule has 0 radical (unpaired) electrons. The van der Waals surface area contributed by atoms with Gasteiger partial charge in [0, 0.05) is 32.1 Å². The van der Waals surface area contributed by atoms with Crippen LogP contribution in [0.15, 0.2) is 33.4 Å². The fourth-order valence-corrected chi connectivity index (χ4v) is 4.36. The molecular formula is C22H24N4O5. The first kappa shape index (κ1) is 19.7. The average molecular weight is 424 g/mol. The highest BCUT2D eigenvalue weighted by Gasteiger charge is 2.32. The van der Waals surface area contributed by atoms with E-state index < -0.39 is 0 Å². The number of morpholine rings is 1. The normalized spacial score (nSPS) is 18.0. The van der Waals surface area contributed by atoms with Crippen LogP contribution in [0.3, 0.4) is 0 Å². The van der Waals surface area contributed by atoms with Crippen LogP contribution >= 0.6 is 0 Å². The predicted molar refractivity (Wildman–Crippen MR) is 110 cm³/mol. The molecule has 2 aliphatic rings. The van der Waals surface area contributed by atoms with Gasteiger partial charge in [-0.15, -0.1) is 0 Å². The minimum Gasteiger partial charge on any atom is -0.463 e. The zero-order chi connectivity index (χ0) is 21.4. The third kappa shape index (κ3) is 3.69. The number of rotatable bonds is 3. The monoisotopic (exact) mass is 424 g/mol. The van der Waals surface area contributed by atoms with Crippen molar-refractivity contribution in [1.29, 1.82) is 0 Å². The van der Waals surface area contributed by atoms with Crippen molar-refractivity contribution in [1.82, 2.24) is 19.9 Å². The van der Waals surface area contributed by atoms with E-state index in [4.69, 9.17) is 13.7 Å². The highest BCUT2D eigenvalue weighted by atomic mass is 16.5. The van der Waals surface area contributed by atoms with Gasteiger partial charge in [0.1, 0.15) is 5.69 Å². The number of hydrogen-bond donors (Lipinski definition) is 0. The molecule has 2 amide bonds. The van der Waals surface area contributed by atoms with E-state index in [1.807, 2.05) is 4.90 Å². The van der Waals surface area contributed by atoms with Gasteiger partial charge in [-0.2, -0.15) is 0 Å². The van der Waals surface area contributed by atoms with Gasteiger partial charge >= 0.3 is 0 Å². The molecule has 5 rings (SSSR count). The Morgan fingerprint density at radius 2 is 1.87 bits per heavy atom. The van der Waals surface area contributed by atoms with Crippen LogP contribution in [-0.4, -0.2) is 71.1 Å². The summed E-state index contributed by atoms with van der Waals surface area (Å²) in [6.07, 6.45) is 2.87. The molecule has 2 aliphatic heterocycles. The van der Waals surface area contributed by atoms with Crippen molar-refractivity contribution in [2.45, 2.75) is 19.8 Å². The second kappa shape index (κ2) is 8.14. The molecule has 31 heavy (non-hydrogen) atoms. The molecule has 9 heteroatoms. The first-order chi connectivity index (χ1) is 15.1. The largest absolute Gasteiger partial charge is 0.463 e. The quantitative estimate of drug-likeness (QED) is 0.637. The first-order valence-electron chi connectivity index (χ1n) is 10.6. The van der Waals surface area contributed by atoms with Crippen LogP contribution in [0, 0.1) is 12.8 Å². The molecule has 0 saturated carbocycles. The average Bonchev–Trinajstić information content (AvgIpc) is 3.49. The summed E-state index contributed by atoms with van der Waals surface area (Å²) in [6, 6.07) is 5.29. The van der Waals surface area contributed by atoms with Crippen LogP contribution < -0.4 is 0 Å². The predicted octanol–water partition coefficient (Wildman–Crippen LogP) is 2.50. The van der Waals surface area contributed by atoms with Crippen LogP contribution in [0.2, 0.25) is 0 Å². The summed E-state index contributed by atoms with van der Waals surface area (Å²) < 4.78 is 16.1. The molecule has 162 valence electrons. The van der Waals surface area contributed by atoms with E-state index in [1.54, 1.807) is 36.3 Å². The number of furan rings is 1. The first-order valence-corrected chi connectivity index (χ1v) is 10.6. The molecule has 0 aromatic carbocycles. The van der Waals surface area contributed by atoms with Gasteiger partial charge in [0.25, 0.3) is 11.6 Å². The molecule has 0 unspecified atom stereocenters. The van der Waals surface area contributed by atoms with Crippen molar-refractivity contribution in [3.05, 3.63) is 35.7 Å². The number of amides is 2. The number of hydrogen-bond acceptors (Lipinski definition) is 7. The molecule has 3 aromatic heterocycles. The lowest BCUT2D eigenvalue weighted by atomic mass is 9.94. The molecule has 5 heterocycles. The maximum absolute atomic E-state index is 13.5. The van der Waals surface area contributed by atoms with Crippen LogP contribution in [0.5, 0.6) is 0 Å². The van der Waals surface area contributed by atoms with Crippen molar-refractivity contribution < 1.29 is 23.3 Å². The molecule has 9 nitrogen and oxygen atoms in total. The maximum atomic E-state index is 13.5. The summed E-state index contributed by atoms with van der Waals surface area (Å²) in [5, 5.41) is 4.61. The Morgan fingerprint density at radius 1 is 1.10 bits per heavy atom. The van der Waals surface area contributed by atoms with E-state index >= 15 is 0 Å². The minimum absolute atomic E-state index is 0.0457. The Bertz CT molecular complexity index is 1090. The number of nitrogens with zero attached hydrogens (tertiary/aromatic N) is 4. The Labute approximate surface area is 178 Å². The number of likely N-dealkylation sites (tertiary alicyclic amines) is 1. The molecule has 2 fully saturated rings. The zero-order valence-corrected chi connectivity index (χ0v) is 17.4. The second-order valence-electron chi connectivity index (χ2n) is 7.98. The van der Waals surface area contributed by atoms with Crippen molar-refractivity contribution in [2.24, 2.45) is 5.92 Å². The summed E-state index contributed by atoms with van der Waals surface area (Å²) >= 11 is 0. The number of aromatic nitrogens is 2. The fourth-order valence-electron chi connectivity index (χ4n) is 4.36. The van der Waals surface area contributed by atoms with Gasteiger partial charge < -0.3 is 23.5 Å². The molecule has 2 saturated heterocycles. The van der Waals surface area contributed by atoms with Crippen molar-refractivity contribution >= 4 is 22.9 Å². The van der Waals surface area contributed by atoms with Crippen molar-refractivity contribution in [3.63, 3.8) is 0 Å². The topological polar surface area (TPSA) is 102 Å². The fraction of sp³-hybridized carbons (Fsp3) is 0.455. The van der Waals surface area contributed by atoms with Gasteiger partial charge in [-0.25, -0.2) is 4.98 Å². The van der Waals surface area contributed by atoms with Gasteiger partial charge in [0.15, 0.2) is 5.76 Å². The lowest BCUT2D eigenvalue weighted by Crippen LogP contribution is -2.47. The van der Waals surface area contributed by atoms with Gasteiger partial charge in [0.2, 0.25) is 5.91 Å². The lowest BCUT2D eigenvalue weighted by molar-refractivity contribution is -0.141. The Morgan fingerprint density at radius 3 is 2.58 bits per heavy atom. The molecule has 0 aliphatic carbocycles. The van der Waals surface area contributed by atoms with E-state index in [9.17, 15) is 9.59 Å².